The van der Waals surface area contributed by atoms with Crippen molar-refractivity contribution in [1.82, 2.24) is 19.9 Å². The zero-order valence-electron chi connectivity index (χ0n) is 22.2. The normalized spacial score (nSPS) is 18.2. The second-order valence-electron chi connectivity index (χ2n) is 10.5. The number of nitrogens with zero attached hydrogens (tertiary/aromatic N) is 4. The van der Waals surface area contributed by atoms with Crippen molar-refractivity contribution in [3.05, 3.63) is 52.6 Å². The maximum absolute atomic E-state index is 14.9. The van der Waals surface area contributed by atoms with E-state index in [1.807, 2.05) is 6.07 Å². The SMILES string of the molecule is Cc1nc(N[C@H](C)c2cccc(C(F)F)c2F)c2cc(C3CCN(C(C)C)CC3)c(OC3COC3)nc2n1. The molecule has 2 saturated heterocycles. The van der Waals surface area contributed by atoms with Crippen molar-refractivity contribution in [2.24, 2.45) is 0 Å². The summed E-state index contributed by atoms with van der Waals surface area (Å²) in [4.78, 5) is 16.4. The second-order valence-corrected chi connectivity index (χ2v) is 10.5. The van der Waals surface area contributed by atoms with Gasteiger partial charge in [-0.25, -0.2) is 23.1 Å². The Bertz CT molecular complexity index is 1290. The number of hydrogen-bond acceptors (Lipinski definition) is 7. The summed E-state index contributed by atoms with van der Waals surface area (Å²) in [6.07, 6.45) is -0.987. The average Bonchev–Trinajstić information content (AvgIpc) is 2.85. The minimum atomic E-state index is -2.89. The lowest BCUT2D eigenvalue weighted by Crippen LogP contribution is -2.40. The predicted octanol–water partition coefficient (Wildman–Crippen LogP) is 5.95. The van der Waals surface area contributed by atoms with Crippen molar-refractivity contribution in [3.8, 4) is 5.88 Å². The number of fused-ring (bicyclic) bond motifs is 1. The molecule has 2 aromatic heterocycles. The highest BCUT2D eigenvalue weighted by molar-refractivity contribution is 5.88. The standard InChI is InChI=1S/C28H34F3N5O2/c1-15(2)36-10-8-18(9-11-36)22-12-23-26(32-16(3)20-6-5-7-21(24(20)29)25(30)31)33-17(4)34-27(23)35-28(22)38-19-13-37-14-19/h5-7,12,15-16,18-19,25H,8-11,13-14H2,1-4H3,(H,32,33,34,35)/t16-/m1/s1. The van der Waals surface area contributed by atoms with Gasteiger partial charge in [-0.3, -0.25) is 0 Å². The number of aromatic nitrogens is 3. The first kappa shape index (κ1) is 26.6. The van der Waals surface area contributed by atoms with Crippen LogP contribution in [0.2, 0.25) is 0 Å². The molecule has 0 bridgehead atoms. The van der Waals surface area contributed by atoms with Crippen LogP contribution in [-0.4, -0.2) is 58.3 Å². The van der Waals surface area contributed by atoms with Crippen molar-refractivity contribution in [3.63, 3.8) is 0 Å². The molecule has 5 rings (SSSR count). The van der Waals surface area contributed by atoms with Gasteiger partial charge in [-0.15, -0.1) is 0 Å². The number of likely N-dealkylation sites (tertiary alicyclic amines) is 1. The zero-order valence-corrected chi connectivity index (χ0v) is 22.2. The van der Waals surface area contributed by atoms with Crippen LogP contribution in [0.5, 0.6) is 5.88 Å². The molecule has 4 heterocycles. The molecule has 1 aromatic carbocycles. The van der Waals surface area contributed by atoms with E-state index in [9.17, 15) is 13.2 Å². The Kier molecular flexibility index (Phi) is 7.72. The molecule has 0 saturated carbocycles. The van der Waals surface area contributed by atoms with Crippen molar-refractivity contribution in [2.75, 3.05) is 31.6 Å². The number of piperidine rings is 1. The monoisotopic (exact) mass is 529 g/mol. The molecule has 7 nitrogen and oxygen atoms in total. The molecular formula is C28H34F3N5O2. The molecule has 0 unspecified atom stereocenters. The van der Waals surface area contributed by atoms with Gasteiger partial charge in [0.05, 0.1) is 30.2 Å². The second kappa shape index (κ2) is 11.0. The first-order valence-corrected chi connectivity index (χ1v) is 13.2. The molecule has 38 heavy (non-hydrogen) atoms. The third kappa shape index (κ3) is 5.42. The van der Waals surface area contributed by atoms with Crippen LogP contribution in [-0.2, 0) is 4.74 Å². The molecule has 2 aliphatic rings. The van der Waals surface area contributed by atoms with Gasteiger partial charge in [0, 0.05) is 17.2 Å². The van der Waals surface area contributed by atoms with Gasteiger partial charge >= 0.3 is 0 Å². The number of hydrogen-bond donors (Lipinski definition) is 1. The third-order valence-corrected chi connectivity index (χ3v) is 7.49. The number of halogens is 3. The molecule has 0 aliphatic carbocycles. The molecule has 204 valence electrons. The predicted molar refractivity (Wildman–Crippen MR) is 139 cm³/mol. The maximum atomic E-state index is 14.9. The summed E-state index contributed by atoms with van der Waals surface area (Å²) in [7, 11) is 0. The van der Waals surface area contributed by atoms with Crippen LogP contribution in [0.3, 0.4) is 0 Å². The van der Waals surface area contributed by atoms with E-state index in [4.69, 9.17) is 14.5 Å². The van der Waals surface area contributed by atoms with Gasteiger partial charge < -0.3 is 19.7 Å². The largest absolute Gasteiger partial charge is 0.469 e. The van der Waals surface area contributed by atoms with E-state index in [0.29, 0.717) is 47.8 Å². The van der Waals surface area contributed by atoms with Gasteiger partial charge in [-0.2, -0.15) is 4.98 Å². The third-order valence-electron chi connectivity index (χ3n) is 7.49. The Hall–Kier alpha value is -2.98. The van der Waals surface area contributed by atoms with E-state index in [1.165, 1.54) is 12.1 Å². The number of ether oxygens (including phenoxy) is 2. The number of anilines is 1. The number of alkyl halides is 2. The van der Waals surface area contributed by atoms with Crippen LogP contribution in [0.15, 0.2) is 24.3 Å². The Balaban J connectivity index is 1.52. The first-order chi connectivity index (χ1) is 18.2. The minimum absolute atomic E-state index is 0.0416. The van der Waals surface area contributed by atoms with Crippen LogP contribution >= 0.6 is 0 Å². The molecule has 1 atom stereocenters. The van der Waals surface area contributed by atoms with Gasteiger partial charge in [0.2, 0.25) is 5.88 Å². The highest BCUT2D eigenvalue weighted by Gasteiger charge is 2.29. The van der Waals surface area contributed by atoms with Crippen LogP contribution < -0.4 is 10.1 Å². The molecule has 0 amide bonds. The lowest BCUT2D eigenvalue weighted by Gasteiger charge is -2.35. The Labute approximate surface area is 220 Å². The summed E-state index contributed by atoms with van der Waals surface area (Å²) in [6.45, 7) is 10.9. The van der Waals surface area contributed by atoms with Crippen molar-refractivity contribution in [1.29, 1.82) is 0 Å². The quantitative estimate of drug-likeness (QED) is 0.387. The number of pyridine rings is 1. The lowest BCUT2D eigenvalue weighted by atomic mass is 9.89. The van der Waals surface area contributed by atoms with Crippen LogP contribution in [0.4, 0.5) is 19.0 Å². The van der Waals surface area contributed by atoms with Crippen molar-refractivity contribution in [2.45, 2.75) is 71.1 Å². The summed E-state index contributed by atoms with van der Waals surface area (Å²) in [5.74, 6) is 0.879. The van der Waals surface area contributed by atoms with Gasteiger partial charge in [-0.1, -0.05) is 18.2 Å². The van der Waals surface area contributed by atoms with Gasteiger partial charge in [-0.05, 0) is 65.6 Å². The lowest BCUT2D eigenvalue weighted by molar-refractivity contribution is -0.0817. The van der Waals surface area contributed by atoms with E-state index < -0.39 is 23.8 Å². The van der Waals surface area contributed by atoms with E-state index in [2.05, 4.69) is 34.0 Å². The van der Waals surface area contributed by atoms with Gasteiger partial charge in [0.25, 0.3) is 6.43 Å². The highest BCUT2D eigenvalue weighted by Crippen LogP contribution is 2.38. The summed E-state index contributed by atoms with van der Waals surface area (Å²) in [6, 6.07) is 5.97. The Morgan fingerprint density at radius 2 is 1.76 bits per heavy atom. The summed E-state index contributed by atoms with van der Waals surface area (Å²) < 4.78 is 53.0. The van der Waals surface area contributed by atoms with Crippen LogP contribution in [0.25, 0.3) is 11.0 Å². The zero-order chi connectivity index (χ0) is 27.0. The van der Waals surface area contributed by atoms with E-state index >= 15 is 0 Å². The average molecular weight is 530 g/mol. The molecule has 0 radical (unpaired) electrons. The van der Waals surface area contributed by atoms with E-state index in [0.717, 1.165) is 37.6 Å². The fraction of sp³-hybridized carbons (Fsp3) is 0.536. The Morgan fingerprint density at radius 1 is 1.05 bits per heavy atom. The van der Waals surface area contributed by atoms with Crippen LogP contribution in [0.1, 0.15) is 74.5 Å². The van der Waals surface area contributed by atoms with Crippen LogP contribution in [0, 0.1) is 12.7 Å². The van der Waals surface area contributed by atoms with E-state index in [1.54, 1.807) is 13.8 Å². The molecule has 0 spiro atoms. The fourth-order valence-corrected chi connectivity index (χ4v) is 5.18. The summed E-state index contributed by atoms with van der Waals surface area (Å²) in [5, 5.41) is 3.93. The van der Waals surface area contributed by atoms with E-state index in [-0.39, 0.29) is 17.6 Å². The molecule has 2 fully saturated rings. The minimum Gasteiger partial charge on any atom is -0.469 e. The highest BCUT2D eigenvalue weighted by atomic mass is 19.3. The molecule has 3 aromatic rings. The number of nitrogens with one attached hydrogen (secondary N) is 1. The first-order valence-electron chi connectivity index (χ1n) is 13.2. The molecule has 10 heteroatoms. The molecule has 1 N–H and O–H groups in total. The fourth-order valence-electron chi connectivity index (χ4n) is 5.18. The van der Waals surface area contributed by atoms with Gasteiger partial charge in [0.1, 0.15) is 23.6 Å². The number of rotatable bonds is 8. The smallest absolute Gasteiger partial charge is 0.266 e. The summed E-state index contributed by atoms with van der Waals surface area (Å²) in [5.41, 5.74) is 0.999. The molecular weight excluding hydrogens is 495 g/mol. The van der Waals surface area contributed by atoms with Gasteiger partial charge in [0.15, 0.2) is 5.65 Å². The topological polar surface area (TPSA) is 72.4 Å². The molecule has 2 aliphatic heterocycles. The Morgan fingerprint density at radius 3 is 2.39 bits per heavy atom. The number of aryl methyl sites for hydroxylation is 1. The summed E-state index contributed by atoms with van der Waals surface area (Å²) >= 11 is 0. The van der Waals surface area contributed by atoms with Crippen molar-refractivity contribution < 1.29 is 22.6 Å². The number of benzene rings is 1. The van der Waals surface area contributed by atoms with Crippen molar-refractivity contribution >= 4 is 16.9 Å². The maximum Gasteiger partial charge on any atom is 0.266 e.